The summed E-state index contributed by atoms with van der Waals surface area (Å²) in [5.74, 6) is 0.647. The summed E-state index contributed by atoms with van der Waals surface area (Å²) in [6.07, 6.45) is 3.44. The minimum Gasteiger partial charge on any atom is -0.316 e. The molecule has 1 aromatic heterocycles. The number of nitrogens with zero attached hydrogens (tertiary/aromatic N) is 2. The normalized spacial score (nSPS) is 12.6. The largest absolute Gasteiger partial charge is 0.316 e. The van der Waals surface area contributed by atoms with Gasteiger partial charge in [0.1, 0.15) is 0 Å². The Morgan fingerprint density at radius 2 is 1.87 bits per heavy atom. The van der Waals surface area contributed by atoms with Gasteiger partial charge in [-0.15, -0.1) is 0 Å². The van der Waals surface area contributed by atoms with Crippen LogP contribution in [0, 0.1) is 0 Å². The number of amides is 1. The molecule has 0 N–H and O–H groups in total. The molecule has 1 heterocycles. The molecule has 0 aliphatic carbocycles. The van der Waals surface area contributed by atoms with Crippen molar-refractivity contribution >= 4 is 59.8 Å². The highest BCUT2D eigenvalue weighted by Crippen LogP contribution is 2.23. The molecule has 3 aromatic carbocycles. The van der Waals surface area contributed by atoms with Crippen LogP contribution in [0.1, 0.15) is 5.56 Å². The van der Waals surface area contributed by atoms with Crippen molar-refractivity contribution in [2.45, 2.75) is 17.9 Å². The third-order valence-electron chi connectivity index (χ3n) is 5.04. The zero-order chi connectivity index (χ0) is 22.0. The van der Waals surface area contributed by atoms with Gasteiger partial charge >= 0.3 is 0 Å². The lowest BCUT2D eigenvalue weighted by Gasteiger charge is -2.05. The molecule has 5 nitrogen and oxygen atoms in total. The van der Waals surface area contributed by atoms with E-state index in [2.05, 4.69) is 4.99 Å². The second kappa shape index (κ2) is 8.98. The highest BCUT2D eigenvalue weighted by atomic mass is 32.2. The van der Waals surface area contributed by atoms with E-state index in [1.807, 2.05) is 53.3 Å². The van der Waals surface area contributed by atoms with Crippen LogP contribution in [0.25, 0.3) is 21.0 Å². The van der Waals surface area contributed by atoms with Gasteiger partial charge in [0.2, 0.25) is 0 Å². The van der Waals surface area contributed by atoms with E-state index < -0.39 is 9.84 Å². The van der Waals surface area contributed by atoms with Crippen LogP contribution in [-0.2, 0) is 27.6 Å². The number of carbonyl (C=O) groups is 1. The van der Waals surface area contributed by atoms with Crippen LogP contribution >= 0.6 is 23.1 Å². The van der Waals surface area contributed by atoms with E-state index in [4.69, 9.17) is 0 Å². The van der Waals surface area contributed by atoms with Crippen LogP contribution in [-0.4, -0.2) is 37.2 Å². The van der Waals surface area contributed by atoms with Crippen molar-refractivity contribution in [2.24, 2.45) is 4.99 Å². The number of benzene rings is 3. The molecule has 0 saturated heterocycles. The Kier molecular flexibility index (Phi) is 6.31. The molecule has 160 valence electrons. The van der Waals surface area contributed by atoms with Crippen molar-refractivity contribution < 1.29 is 13.2 Å². The van der Waals surface area contributed by atoms with Gasteiger partial charge in [0.25, 0.3) is 5.91 Å². The summed E-state index contributed by atoms with van der Waals surface area (Å²) in [5, 5.41) is 2.15. The third kappa shape index (κ3) is 4.76. The first-order valence-corrected chi connectivity index (χ1v) is 13.8. The average molecular weight is 471 g/mol. The Morgan fingerprint density at radius 1 is 1.10 bits per heavy atom. The quantitative estimate of drug-likeness (QED) is 0.422. The second-order valence-electron chi connectivity index (χ2n) is 7.25. The van der Waals surface area contributed by atoms with Gasteiger partial charge in [-0.3, -0.25) is 4.79 Å². The third-order valence-corrected chi connectivity index (χ3v) is 7.79. The number of fused-ring (bicyclic) bond motifs is 2. The fourth-order valence-corrected chi connectivity index (χ4v) is 5.72. The summed E-state index contributed by atoms with van der Waals surface area (Å²) >= 11 is 3.06. The fourth-order valence-electron chi connectivity index (χ4n) is 3.52. The zero-order valence-electron chi connectivity index (χ0n) is 17.2. The van der Waals surface area contributed by atoms with Crippen LogP contribution < -0.4 is 4.80 Å². The number of thiazole rings is 1. The molecule has 0 fully saturated rings. The van der Waals surface area contributed by atoms with E-state index in [9.17, 15) is 13.2 Å². The lowest BCUT2D eigenvalue weighted by molar-refractivity contribution is -0.117. The minimum atomic E-state index is -3.30. The number of hydrogen-bond acceptors (Lipinski definition) is 5. The van der Waals surface area contributed by atoms with E-state index in [-0.39, 0.29) is 17.2 Å². The predicted molar refractivity (Wildman–Crippen MR) is 130 cm³/mol. The lowest BCUT2D eigenvalue weighted by atomic mass is 10.0. The molecule has 0 atom stereocenters. The van der Waals surface area contributed by atoms with Gasteiger partial charge in [-0.25, -0.2) is 8.42 Å². The first kappa shape index (κ1) is 21.8. The molecule has 4 rings (SSSR count). The van der Waals surface area contributed by atoms with Gasteiger partial charge in [-0.05, 0) is 40.8 Å². The lowest BCUT2D eigenvalue weighted by Crippen LogP contribution is -2.18. The molecule has 0 unspecified atom stereocenters. The summed E-state index contributed by atoms with van der Waals surface area (Å²) in [4.78, 5) is 18.2. The van der Waals surface area contributed by atoms with E-state index in [0.717, 1.165) is 32.3 Å². The number of carbonyl (C=O) groups excluding carboxylic acids is 1. The van der Waals surface area contributed by atoms with Crippen LogP contribution in [0.5, 0.6) is 0 Å². The first-order chi connectivity index (χ1) is 14.9. The Balaban J connectivity index is 1.76. The second-order valence-corrected chi connectivity index (χ2v) is 11.3. The van der Waals surface area contributed by atoms with Crippen LogP contribution in [0.15, 0.2) is 70.6 Å². The summed E-state index contributed by atoms with van der Waals surface area (Å²) in [5.41, 5.74) is 1.84. The number of aromatic nitrogens is 1. The van der Waals surface area contributed by atoms with Gasteiger partial charge in [-0.1, -0.05) is 53.8 Å². The molecule has 0 aliphatic rings. The molecule has 0 bridgehead atoms. The molecule has 4 aromatic rings. The molecule has 0 saturated carbocycles. The Hall–Kier alpha value is -2.42. The van der Waals surface area contributed by atoms with E-state index in [0.29, 0.717) is 11.3 Å². The number of thioether (sulfide) groups is 1. The number of sulfone groups is 1. The van der Waals surface area contributed by atoms with Crippen molar-refractivity contribution in [1.29, 1.82) is 0 Å². The van der Waals surface area contributed by atoms with Gasteiger partial charge in [0, 0.05) is 18.6 Å². The smallest absolute Gasteiger partial charge is 0.252 e. The summed E-state index contributed by atoms with van der Waals surface area (Å²) in [6.45, 7) is 0.694. The van der Waals surface area contributed by atoms with Gasteiger partial charge in [0.05, 0.1) is 21.5 Å². The molecule has 0 radical (unpaired) electrons. The molecule has 31 heavy (non-hydrogen) atoms. The standard InChI is InChI=1S/C23H22N2O3S3/c1-29-13-12-25-20-11-10-18(31(2,27)28)15-21(20)30-23(25)24-22(26)14-17-8-5-7-16-6-3-4-9-19(16)17/h3-11,15H,12-14H2,1-2H3. The van der Waals surface area contributed by atoms with Gasteiger partial charge < -0.3 is 4.57 Å². The van der Waals surface area contributed by atoms with Crippen molar-refractivity contribution in [3.05, 3.63) is 71.0 Å². The van der Waals surface area contributed by atoms with Gasteiger partial charge in [-0.2, -0.15) is 16.8 Å². The first-order valence-electron chi connectivity index (χ1n) is 9.73. The van der Waals surface area contributed by atoms with Crippen molar-refractivity contribution in [1.82, 2.24) is 4.57 Å². The Labute approximate surface area is 189 Å². The zero-order valence-corrected chi connectivity index (χ0v) is 19.7. The minimum absolute atomic E-state index is 0.215. The predicted octanol–water partition coefficient (Wildman–Crippen LogP) is 4.29. The van der Waals surface area contributed by atoms with Gasteiger partial charge in [0.15, 0.2) is 14.6 Å². The SMILES string of the molecule is CSCCn1c(=NC(=O)Cc2cccc3ccccc23)sc2cc(S(C)(=O)=O)ccc21. The maximum Gasteiger partial charge on any atom is 0.252 e. The Morgan fingerprint density at radius 3 is 2.65 bits per heavy atom. The van der Waals surface area contributed by atoms with E-state index >= 15 is 0 Å². The molecule has 1 amide bonds. The van der Waals surface area contributed by atoms with Crippen molar-refractivity contribution in [3.63, 3.8) is 0 Å². The fraction of sp³-hybridized carbons (Fsp3) is 0.217. The monoisotopic (exact) mass is 470 g/mol. The summed E-state index contributed by atoms with van der Waals surface area (Å²) < 4.78 is 26.7. The van der Waals surface area contributed by atoms with Crippen LogP contribution in [0.2, 0.25) is 0 Å². The summed E-state index contributed by atoms with van der Waals surface area (Å²) in [6, 6.07) is 19.0. The molecule has 0 spiro atoms. The molecule has 8 heteroatoms. The highest BCUT2D eigenvalue weighted by Gasteiger charge is 2.13. The summed E-state index contributed by atoms with van der Waals surface area (Å²) in [7, 11) is -3.30. The molecular formula is C23H22N2O3S3. The Bertz CT molecular complexity index is 1440. The van der Waals surface area contributed by atoms with Crippen molar-refractivity contribution in [3.8, 4) is 0 Å². The number of rotatable bonds is 6. The number of aryl methyl sites for hydroxylation is 1. The molecule has 0 aliphatic heterocycles. The van der Waals surface area contributed by atoms with E-state index in [1.54, 1.807) is 30.0 Å². The maximum atomic E-state index is 12.9. The maximum absolute atomic E-state index is 12.9. The topological polar surface area (TPSA) is 68.5 Å². The molecular weight excluding hydrogens is 448 g/mol. The van der Waals surface area contributed by atoms with Crippen LogP contribution in [0.3, 0.4) is 0 Å². The highest BCUT2D eigenvalue weighted by molar-refractivity contribution is 7.98. The van der Waals surface area contributed by atoms with Crippen molar-refractivity contribution in [2.75, 3.05) is 18.3 Å². The average Bonchev–Trinajstić information content (AvgIpc) is 3.07. The number of hydrogen-bond donors (Lipinski definition) is 0. The van der Waals surface area contributed by atoms with Crippen LogP contribution in [0.4, 0.5) is 0 Å². The van der Waals surface area contributed by atoms with E-state index in [1.165, 1.54) is 17.6 Å².